The monoisotopic (exact) mass is 395 g/mol. The molecule has 0 aliphatic carbocycles. The summed E-state index contributed by atoms with van der Waals surface area (Å²) in [5, 5.41) is 11.3. The van der Waals surface area contributed by atoms with Crippen LogP contribution in [0.4, 0.5) is 11.4 Å². The highest BCUT2D eigenvalue weighted by Gasteiger charge is 2.14. The Kier molecular flexibility index (Phi) is 4.18. The molecule has 6 rings (SSSR count). The summed E-state index contributed by atoms with van der Waals surface area (Å²) in [6.45, 7) is 0. The standard InChI is InChI=1S/C30H21N/c1-2-12-23(13-3-1)31-29-17-9-8-16-26(29)28-20-22-11-5-6-14-24(22)27-19-18-21-10-4-7-15-25(21)30(27)28/h1-20,31H. The maximum Gasteiger partial charge on any atom is 0.0464 e. The fourth-order valence-corrected chi connectivity index (χ4v) is 4.60. The summed E-state index contributed by atoms with van der Waals surface area (Å²) in [5.74, 6) is 0. The van der Waals surface area contributed by atoms with Gasteiger partial charge in [-0.15, -0.1) is 0 Å². The van der Waals surface area contributed by atoms with Crippen LogP contribution in [0.15, 0.2) is 121 Å². The van der Waals surface area contributed by atoms with E-state index < -0.39 is 0 Å². The summed E-state index contributed by atoms with van der Waals surface area (Å²) in [6, 6.07) is 43.2. The number of fused-ring (bicyclic) bond motifs is 5. The Morgan fingerprint density at radius 3 is 1.97 bits per heavy atom. The molecule has 0 fully saturated rings. The second kappa shape index (κ2) is 7.30. The van der Waals surface area contributed by atoms with Crippen LogP contribution in [0.5, 0.6) is 0 Å². The van der Waals surface area contributed by atoms with Crippen LogP contribution in [0.3, 0.4) is 0 Å². The fourth-order valence-electron chi connectivity index (χ4n) is 4.60. The van der Waals surface area contributed by atoms with E-state index in [1.165, 1.54) is 43.4 Å². The Balaban J connectivity index is 1.71. The van der Waals surface area contributed by atoms with Gasteiger partial charge in [0.1, 0.15) is 0 Å². The Bertz CT molecular complexity index is 1550. The zero-order valence-corrected chi connectivity index (χ0v) is 17.0. The van der Waals surface area contributed by atoms with E-state index in [0.717, 1.165) is 11.4 Å². The van der Waals surface area contributed by atoms with Gasteiger partial charge in [0.25, 0.3) is 0 Å². The van der Waals surface area contributed by atoms with Gasteiger partial charge in [-0.05, 0) is 62.1 Å². The number of benzene rings is 6. The third-order valence-electron chi connectivity index (χ3n) is 6.02. The Hall–Kier alpha value is -4.10. The van der Waals surface area contributed by atoms with E-state index >= 15 is 0 Å². The van der Waals surface area contributed by atoms with E-state index in [1.807, 2.05) is 6.07 Å². The van der Waals surface area contributed by atoms with E-state index in [4.69, 9.17) is 0 Å². The van der Waals surface area contributed by atoms with Gasteiger partial charge in [-0.3, -0.25) is 0 Å². The van der Waals surface area contributed by atoms with Crippen molar-refractivity contribution in [3.63, 3.8) is 0 Å². The summed E-state index contributed by atoms with van der Waals surface area (Å²) in [6.07, 6.45) is 0. The van der Waals surface area contributed by atoms with Crippen LogP contribution < -0.4 is 5.32 Å². The van der Waals surface area contributed by atoms with Crippen LogP contribution >= 0.6 is 0 Å². The van der Waals surface area contributed by atoms with Gasteiger partial charge in [0, 0.05) is 16.9 Å². The number of nitrogens with one attached hydrogen (secondary N) is 1. The summed E-state index contributed by atoms with van der Waals surface area (Å²) >= 11 is 0. The molecule has 0 bridgehead atoms. The van der Waals surface area contributed by atoms with Gasteiger partial charge in [0.2, 0.25) is 0 Å². The molecule has 0 atom stereocenters. The minimum atomic E-state index is 1.09. The zero-order chi connectivity index (χ0) is 20.6. The van der Waals surface area contributed by atoms with Gasteiger partial charge < -0.3 is 5.32 Å². The van der Waals surface area contributed by atoms with E-state index in [-0.39, 0.29) is 0 Å². The SMILES string of the molecule is c1ccc(Nc2ccccc2-c2cc3ccccc3c3ccc4ccccc4c23)cc1. The maximum atomic E-state index is 3.63. The number of rotatable bonds is 3. The molecule has 0 aliphatic rings. The zero-order valence-electron chi connectivity index (χ0n) is 17.0. The molecule has 0 amide bonds. The van der Waals surface area contributed by atoms with Gasteiger partial charge in [0.15, 0.2) is 0 Å². The summed E-state index contributed by atoms with van der Waals surface area (Å²) in [5.41, 5.74) is 4.66. The fraction of sp³-hybridized carbons (Fsp3) is 0. The van der Waals surface area contributed by atoms with Crippen LogP contribution in [0.2, 0.25) is 0 Å². The van der Waals surface area contributed by atoms with Crippen LogP contribution in [0.25, 0.3) is 43.4 Å². The van der Waals surface area contributed by atoms with Crippen molar-refractivity contribution >= 4 is 43.7 Å². The highest BCUT2D eigenvalue weighted by Crippen LogP contribution is 2.41. The first-order valence-electron chi connectivity index (χ1n) is 10.6. The van der Waals surface area contributed by atoms with Crippen molar-refractivity contribution in [3.05, 3.63) is 121 Å². The van der Waals surface area contributed by atoms with Crippen molar-refractivity contribution in [1.82, 2.24) is 0 Å². The first kappa shape index (κ1) is 17.7. The highest BCUT2D eigenvalue weighted by atomic mass is 14.9. The molecule has 0 aliphatic heterocycles. The van der Waals surface area contributed by atoms with Crippen molar-refractivity contribution < 1.29 is 0 Å². The lowest BCUT2D eigenvalue weighted by atomic mass is 9.89. The quantitative estimate of drug-likeness (QED) is 0.296. The Morgan fingerprint density at radius 2 is 1.10 bits per heavy atom. The molecule has 0 saturated heterocycles. The lowest BCUT2D eigenvalue weighted by Gasteiger charge is -2.17. The lowest BCUT2D eigenvalue weighted by Crippen LogP contribution is -1.94. The predicted molar refractivity (Wildman–Crippen MR) is 134 cm³/mol. The Labute approximate surface area is 181 Å². The molecule has 1 nitrogen and oxygen atoms in total. The molecule has 0 unspecified atom stereocenters. The number of anilines is 2. The van der Waals surface area contributed by atoms with Crippen molar-refractivity contribution in [2.24, 2.45) is 0 Å². The molecule has 0 heterocycles. The van der Waals surface area contributed by atoms with E-state index in [1.54, 1.807) is 0 Å². The average molecular weight is 396 g/mol. The largest absolute Gasteiger partial charge is 0.355 e. The molecule has 1 heteroatoms. The van der Waals surface area contributed by atoms with Crippen molar-refractivity contribution in [2.45, 2.75) is 0 Å². The first-order valence-corrected chi connectivity index (χ1v) is 10.6. The smallest absolute Gasteiger partial charge is 0.0464 e. The van der Waals surface area contributed by atoms with E-state index in [2.05, 4.69) is 121 Å². The second-order valence-electron chi connectivity index (χ2n) is 7.89. The number of hydrogen-bond acceptors (Lipinski definition) is 1. The van der Waals surface area contributed by atoms with Crippen LogP contribution in [-0.4, -0.2) is 0 Å². The molecule has 0 spiro atoms. The minimum Gasteiger partial charge on any atom is -0.355 e. The topological polar surface area (TPSA) is 12.0 Å². The molecule has 1 N–H and O–H groups in total. The third-order valence-corrected chi connectivity index (χ3v) is 6.02. The van der Waals surface area contributed by atoms with Crippen molar-refractivity contribution in [2.75, 3.05) is 5.32 Å². The summed E-state index contributed by atoms with van der Waals surface area (Å²) in [7, 11) is 0. The lowest BCUT2D eigenvalue weighted by molar-refractivity contribution is 1.54. The normalized spacial score (nSPS) is 11.2. The molecule has 6 aromatic rings. The molecular weight excluding hydrogens is 374 g/mol. The first-order chi connectivity index (χ1) is 15.4. The van der Waals surface area contributed by atoms with Crippen LogP contribution in [-0.2, 0) is 0 Å². The van der Waals surface area contributed by atoms with Gasteiger partial charge >= 0.3 is 0 Å². The highest BCUT2D eigenvalue weighted by molar-refractivity contribution is 6.23. The van der Waals surface area contributed by atoms with Gasteiger partial charge in [0.05, 0.1) is 0 Å². The van der Waals surface area contributed by atoms with Crippen LogP contribution in [0, 0.1) is 0 Å². The summed E-state index contributed by atoms with van der Waals surface area (Å²) in [4.78, 5) is 0. The number of hydrogen-bond donors (Lipinski definition) is 1. The molecule has 0 saturated carbocycles. The average Bonchev–Trinajstić information content (AvgIpc) is 2.84. The van der Waals surface area contributed by atoms with E-state index in [0.29, 0.717) is 0 Å². The second-order valence-corrected chi connectivity index (χ2v) is 7.89. The van der Waals surface area contributed by atoms with Gasteiger partial charge in [-0.25, -0.2) is 0 Å². The molecule has 146 valence electrons. The Morgan fingerprint density at radius 1 is 0.419 bits per heavy atom. The van der Waals surface area contributed by atoms with Gasteiger partial charge in [-0.1, -0.05) is 97.1 Å². The van der Waals surface area contributed by atoms with Gasteiger partial charge in [-0.2, -0.15) is 0 Å². The van der Waals surface area contributed by atoms with E-state index in [9.17, 15) is 0 Å². The number of para-hydroxylation sites is 2. The molecule has 0 radical (unpaired) electrons. The third kappa shape index (κ3) is 3.03. The molecular formula is C30H21N. The minimum absolute atomic E-state index is 1.09. The maximum absolute atomic E-state index is 3.63. The molecule has 31 heavy (non-hydrogen) atoms. The molecule has 0 aromatic heterocycles. The predicted octanol–water partition coefficient (Wildman–Crippen LogP) is 8.56. The summed E-state index contributed by atoms with van der Waals surface area (Å²) < 4.78 is 0. The van der Waals surface area contributed by atoms with Crippen molar-refractivity contribution in [1.29, 1.82) is 0 Å². The van der Waals surface area contributed by atoms with Crippen LogP contribution in [0.1, 0.15) is 0 Å². The molecule has 6 aromatic carbocycles. The van der Waals surface area contributed by atoms with Crippen molar-refractivity contribution in [3.8, 4) is 11.1 Å².